The second-order valence-corrected chi connectivity index (χ2v) is 7.95. The lowest BCUT2D eigenvalue weighted by Crippen LogP contribution is -2.29. The van der Waals surface area contributed by atoms with Crippen molar-refractivity contribution in [1.82, 2.24) is 9.80 Å². The third-order valence-corrected chi connectivity index (χ3v) is 5.50. The fourth-order valence-electron chi connectivity index (χ4n) is 3.66. The molecule has 2 aromatic carbocycles. The highest BCUT2D eigenvalue weighted by Gasteiger charge is 2.34. The van der Waals surface area contributed by atoms with Gasteiger partial charge >= 0.3 is 6.18 Å². The molecule has 1 N–H and O–H groups in total. The maximum atomic E-state index is 13.8. The molecule has 1 amide bonds. The molecule has 2 aromatic rings. The second-order valence-electron chi connectivity index (χ2n) is 7.95. The molecule has 0 aliphatic carbocycles. The van der Waals surface area contributed by atoms with Gasteiger partial charge in [-0.15, -0.1) is 0 Å². The second kappa shape index (κ2) is 10.0. The van der Waals surface area contributed by atoms with Crippen LogP contribution in [0.2, 0.25) is 0 Å². The predicted molar refractivity (Wildman–Crippen MR) is 117 cm³/mol. The molecule has 0 unspecified atom stereocenters. The lowest BCUT2D eigenvalue weighted by molar-refractivity contribution is -0.138. The van der Waals surface area contributed by atoms with Crippen LogP contribution >= 0.6 is 0 Å². The lowest BCUT2D eigenvalue weighted by atomic mass is 10.0. The third-order valence-electron chi connectivity index (χ3n) is 5.50. The summed E-state index contributed by atoms with van der Waals surface area (Å²) < 4.78 is 41.3. The molecule has 0 atom stereocenters. The summed E-state index contributed by atoms with van der Waals surface area (Å²) in [5.74, 6) is -0.587. The van der Waals surface area contributed by atoms with Crippen molar-refractivity contribution in [3.05, 3.63) is 69.1 Å². The number of hydrogen-bond acceptors (Lipinski definition) is 4. The molecule has 170 valence electrons. The first-order valence-corrected chi connectivity index (χ1v) is 10.3. The van der Waals surface area contributed by atoms with Gasteiger partial charge < -0.3 is 10.2 Å². The zero-order chi connectivity index (χ0) is 23.3. The Labute approximate surface area is 184 Å². The molecule has 0 saturated carbocycles. The number of halogens is 3. The Hall–Kier alpha value is -3.07. The quantitative estimate of drug-likeness (QED) is 0.382. The Morgan fingerprint density at radius 3 is 2.66 bits per heavy atom. The molecule has 0 radical (unpaired) electrons. The highest BCUT2D eigenvalue weighted by atomic mass is 19.4. The van der Waals surface area contributed by atoms with Gasteiger partial charge in [0.2, 0.25) is 0 Å². The first kappa shape index (κ1) is 23.6. The highest BCUT2D eigenvalue weighted by Crippen LogP contribution is 2.35. The van der Waals surface area contributed by atoms with Crippen LogP contribution < -0.4 is 5.32 Å². The molecule has 0 aromatic heterocycles. The summed E-state index contributed by atoms with van der Waals surface area (Å²) in [6.45, 7) is 5.10. The van der Waals surface area contributed by atoms with E-state index in [4.69, 9.17) is 5.53 Å². The van der Waals surface area contributed by atoms with E-state index in [1.54, 1.807) is 13.0 Å². The van der Waals surface area contributed by atoms with E-state index in [-0.39, 0.29) is 29.0 Å². The number of hydrogen-bond donors (Lipinski definition) is 1. The number of nitrogens with zero attached hydrogens (tertiary/aromatic N) is 5. The molecule has 7 nitrogen and oxygen atoms in total. The standard InChI is InChI=1S/C22H25F3N6O/c1-15-4-5-16(12-20(15)28-29-26)21(32)27-18-7-6-17(19(13-18)22(23,24)25)14-31-9-3-8-30(2)10-11-31/h4-7,12-13H,3,8-11,14H2,1-2H3,(H,27,32). The van der Waals surface area contributed by atoms with Crippen LogP contribution in [0.15, 0.2) is 41.5 Å². The first-order chi connectivity index (χ1) is 15.2. The van der Waals surface area contributed by atoms with Gasteiger partial charge in [-0.1, -0.05) is 17.2 Å². The van der Waals surface area contributed by atoms with Crippen molar-refractivity contribution in [3.63, 3.8) is 0 Å². The molecule has 1 heterocycles. The van der Waals surface area contributed by atoms with E-state index < -0.39 is 17.6 Å². The topological polar surface area (TPSA) is 84.3 Å². The van der Waals surface area contributed by atoms with E-state index in [9.17, 15) is 18.0 Å². The Morgan fingerprint density at radius 1 is 1.16 bits per heavy atom. The van der Waals surface area contributed by atoms with Crippen LogP contribution in [0.25, 0.3) is 10.4 Å². The van der Waals surface area contributed by atoms with Gasteiger partial charge in [0.05, 0.1) is 5.56 Å². The van der Waals surface area contributed by atoms with Gasteiger partial charge in [0.15, 0.2) is 0 Å². The molecule has 0 bridgehead atoms. The van der Waals surface area contributed by atoms with E-state index in [0.29, 0.717) is 12.1 Å². The molecule has 1 aliphatic heterocycles. The number of azide groups is 1. The summed E-state index contributed by atoms with van der Waals surface area (Å²) in [5, 5.41) is 6.04. The number of aryl methyl sites for hydroxylation is 1. The molecular weight excluding hydrogens is 421 g/mol. The van der Waals surface area contributed by atoms with Crippen molar-refractivity contribution in [2.45, 2.75) is 26.1 Å². The summed E-state index contributed by atoms with van der Waals surface area (Å²) in [7, 11) is 2.01. The van der Waals surface area contributed by atoms with Crippen LogP contribution in [0.1, 0.15) is 33.5 Å². The Bertz CT molecular complexity index is 1030. The highest BCUT2D eigenvalue weighted by molar-refractivity contribution is 6.04. The van der Waals surface area contributed by atoms with Gasteiger partial charge in [0.1, 0.15) is 0 Å². The van der Waals surface area contributed by atoms with Crippen LogP contribution in [-0.2, 0) is 12.7 Å². The van der Waals surface area contributed by atoms with E-state index in [0.717, 1.165) is 32.1 Å². The van der Waals surface area contributed by atoms with Gasteiger partial charge in [-0.05, 0) is 74.4 Å². The van der Waals surface area contributed by atoms with Crippen molar-refractivity contribution in [1.29, 1.82) is 0 Å². The number of rotatable bonds is 5. The van der Waals surface area contributed by atoms with Crippen LogP contribution in [0.5, 0.6) is 0 Å². The fraction of sp³-hybridized carbons (Fsp3) is 0.409. The van der Waals surface area contributed by atoms with Gasteiger partial charge in [-0.25, -0.2) is 0 Å². The van der Waals surface area contributed by atoms with Crippen LogP contribution in [0, 0.1) is 6.92 Å². The average Bonchev–Trinajstić information content (AvgIpc) is 2.94. The molecule has 1 saturated heterocycles. The summed E-state index contributed by atoms with van der Waals surface area (Å²) in [6.07, 6.45) is -3.64. The first-order valence-electron chi connectivity index (χ1n) is 10.3. The molecular formula is C22H25F3N6O. The van der Waals surface area contributed by atoms with Gasteiger partial charge in [0.25, 0.3) is 5.91 Å². The molecule has 32 heavy (non-hydrogen) atoms. The Kier molecular flexibility index (Phi) is 7.40. The molecule has 1 fully saturated rings. The van der Waals surface area contributed by atoms with Crippen molar-refractivity contribution in [2.24, 2.45) is 5.11 Å². The summed E-state index contributed by atoms with van der Waals surface area (Å²) in [6, 6.07) is 8.42. The smallest absolute Gasteiger partial charge is 0.322 e. The number of amides is 1. The van der Waals surface area contributed by atoms with Crippen molar-refractivity contribution in [2.75, 3.05) is 38.5 Å². The maximum absolute atomic E-state index is 13.8. The largest absolute Gasteiger partial charge is 0.416 e. The van der Waals surface area contributed by atoms with E-state index in [1.807, 2.05) is 11.9 Å². The monoisotopic (exact) mass is 446 g/mol. The van der Waals surface area contributed by atoms with Crippen molar-refractivity contribution < 1.29 is 18.0 Å². The number of benzene rings is 2. The Balaban J connectivity index is 1.81. The molecule has 1 aliphatic rings. The normalized spacial score (nSPS) is 15.7. The maximum Gasteiger partial charge on any atom is 0.416 e. The fourth-order valence-corrected chi connectivity index (χ4v) is 3.66. The van der Waals surface area contributed by atoms with Gasteiger partial charge in [0, 0.05) is 41.5 Å². The van der Waals surface area contributed by atoms with Crippen molar-refractivity contribution in [3.8, 4) is 0 Å². The zero-order valence-electron chi connectivity index (χ0n) is 18.0. The zero-order valence-corrected chi connectivity index (χ0v) is 18.0. The third kappa shape index (κ3) is 6.00. The molecule has 3 rings (SSSR count). The van der Waals surface area contributed by atoms with Crippen LogP contribution in [-0.4, -0.2) is 48.9 Å². The summed E-state index contributed by atoms with van der Waals surface area (Å²) in [5.41, 5.74) is 9.26. The van der Waals surface area contributed by atoms with E-state index >= 15 is 0 Å². The minimum absolute atomic E-state index is 0.0487. The van der Waals surface area contributed by atoms with E-state index in [1.165, 1.54) is 24.3 Å². The minimum atomic E-state index is -4.54. The number of anilines is 1. The minimum Gasteiger partial charge on any atom is -0.322 e. The number of likely N-dealkylation sites (N-methyl/N-ethyl adjacent to an activating group) is 1. The van der Waals surface area contributed by atoms with Gasteiger partial charge in [-0.2, -0.15) is 13.2 Å². The van der Waals surface area contributed by atoms with Crippen molar-refractivity contribution >= 4 is 17.3 Å². The average molecular weight is 446 g/mol. The summed E-state index contributed by atoms with van der Waals surface area (Å²) in [4.78, 5) is 19.5. The number of nitrogens with one attached hydrogen (secondary N) is 1. The molecule has 0 spiro atoms. The molecule has 10 heteroatoms. The van der Waals surface area contributed by atoms with Gasteiger partial charge in [-0.3, -0.25) is 9.69 Å². The number of carbonyl (C=O) groups excluding carboxylic acids is 1. The Morgan fingerprint density at radius 2 is 1.94 bits per heavy atom. The van der Waals surface area contributed by atoms with E-state index in [2.05, 4.69) is 20.2 Å². The number of alkyl halides is 3. The van der Waals surface area contributed by atoms with Crippen LogP contribution in [0.4, 0.5) is 24.5 Å². The number of carbonyl (C=O) groups is 1. The lowest BCUT2D eigenvalue weighted by Gasteiger charge is -2.23. The van der Waals surface area contributed by atoms with Crippen LogP contribution in [0.3, 0.4) is 0 Å². The SMILES string of the molecule is Cc1ccc(C(=O)Nc2ccc(CN3CCCN(C)CC3)c(C(F)(F)F)c2)cc1N=[N+]=[N-]. The predicted octanol–water partition coefficient (Wildman–Crippen LogP) is 5.35. The summed E-state index contributed by atoms with van der Waals surface area (Å²) >= 11 is 0.